The van der Waals surface area contributed by atoms with Gasteiger partial charge in [-0.3, -0.25) is 20.2 Å². The number of hydrogen-bond donors (Lipinski definition) is 1. The van der Waals surface area contributed by atoms with E-state index in [1.165, 1.54) is 0 Å². The summed E-state index contributed by atoms with van der Waals surface area (Å²) in [6.45, 7) is 1.89. The molecule has 0 spiro atoms. The molecule has 0 aliphatic rings. The van der Waals surface area contributed by atoms with Gasteiger partial charge in [-0.15, -0.1) is 0 Å². The normalized spacial score (nSPS) is 10.9. The van der Waals surface area contributed by atoms with Gasteiger partial charge in [-0.25, -0.2) is 13.8 Å². The number of nitro groups is 2. The molecule has 3 aromatic carbocycles. The lowest BCUT2D eigenvalue weighted by atomic mass is 10.1. The van der Waals surface area contributed by atoms with Gasteiger partial charge in [-0.1, -0.05) is 64.9 Å². The van der Waals surface area contributed by atoms with Crippen molar-refractivity contribution in [3.05, 3.63) is 96.8 Å². The standard InChI is InChI=1S/C22H12ClF3N4O4S/c1-10-2-4-12(5-3-10)21-17(11-6-8-13(23)9-7-11)27-22(35-21)28-18-15(25)14(24)16(26)19(29(31)32)20(18)30(33)34/h2-9H,1H3,(H,27,28). The summed E-state index contributed by atoms with van der Waals surface area (Å²) in [5.74, 6) is -6.48. The van der Waals surface area contributed by atoms with Crippen LogP contribution in [0.25, 0.3) is 21.7 Å². The van der Waals surface area contributed by atoms with E-state index in [1.807, 2.05) is 19.1 Å². The minimum absolute atomic E-state index is 0.146. The van der Waals surface area contributed by atoms with Gasteiger partial charge in [0.25, 0.3) is 0 Å². The van der Waals surface area contributed by atoms with Crippen molar-refractivity contribution >= 4 is 45.1 Å². The Morgan fingerprint density at radius 1 is 0.857 bits per heavy atom. The maximum atomic E-state index is 14.6. The van der Waals surface area contributed by atoms with Gasteiger partial charge in [0.05, 0.1) is 20.4 Å². The maximum Gasteiger partial charge on any atom is 0.386 e. The van der Waals surface area contributed by atoms with Crippen molar-refractivity contribution in [2.75, 3.05) is 5.32 Å². The van der Waals surface area contributed by atoms with Gasteiger partial charge < -0.3 is 5.32 Å². The Bertz CT molecular complexity index is 1420. The summed E-state index contributed by atoms with van der Waals surface area (Å²) in [6.07, 6.45) is 0. The van der Waals surface area contributed by atoms with Crippen LogP contribution in [0.5, 0.6) is 0 Å². The molecule has 0 saturated heterocycles. The number of thiazole rings is 1. The number of aryl methyl sites for hydroxylation is 1. The van der Waals surface area contributed by atoms with E-state index in [9.17, 15) is 33.4 Å². The van der Waals surface area contributed by atoms with Gasteiger partial charge in [0.1, 0.15) is 0 Å². The van der Waals surface area contributed by atoms with E-state index < -0.39 is 44.4 Å². The summed E-state index contributed by atoms with van der Waals surface area (Å²) in [5.41, 5.74) is -1.91. The molecule has 0 bridgehead atoms. The van der Waals surface area contributed by atoms with Crippen LogP contribution in [0.15, 0.2) is 48.5 Å². The van der Waals surface area contributed by atoms with E-state index in [0.29, 0.717) is 26.7 Å². The largest absolute Gasteiger partial charge is 0.386 e. The van der Waals surface area contributed by atoms with Crippen LogP contribution in [0.4, 0.5) is 35.4 Å². The second-order valence-electron chi connectivity index (χ2n) is 7.22. The lowest BCUT2D eigenvalue weighted by Gasteiger charge is -2.07. The summed E-state index contributed by atoms with van der Waals surface area (Å²) in [5, 5.41) is 25.3. The summed E-state index contributed by atoms with van der Waals surface area (Å²) in [6, 6.07) is 13.9. The molecule has 0 aliphatic carbocycles. The highest BCUT2D eigenvalue weighted by Gasteiger charge is 2.40. The van der Waals surface area contributed by atoms with Gasteiger partial charge >= 0.3 is 11.4 Å². The van der Waals surface area contributed by atoms with Crippen LogP contribution in [0.3, 0.4) is 0 Å². The Hall–Kier alpha value is -4.03. The van der Waals surface area contributed by atoms with E-state index in [0.717, 1.165) is 16.9 Å². The molecule has 13 heteroatoms. The highest BCUT2D eigenvalue weighted by atomic mass is 35.5. The van der Waals surface area contributed by atoms with Crippen molar-refractivity contribution in [1.29, 1.82) is 0 Å². The van der Waals surface area contributed by atoms with Crippen LogP contribution in [-0.4, -0.2) is 14.8 Å². The zero-order valence-corrected chi connectivity index (χ0v) is 19.1. The molecule has 0 aliphatic heterocycles. The Morgan fingerprint density at radius 3 is 2.00 bits per heavy atom. The molecule has 0 fully saturated rings. The fraction of sp³-hybridized carbons (Fsp3) is 0.0455. The molecule has 4 rings (SSSR count). The molecule has 0 saturated carbocycles. The van der Waals surface area contributed by atoms with Gasteiger partial charge in [0.2, 0.25) is 11.6 Å². The first-order chi connectivity index (χ1) is 16.6. The first-order valence-electron chi connectivity index (χ1n) is 9.68. The maximum absolute atomic E-state index is 14.6. The molecular weight excluding hydrogens is 509 g/mol. The molecule has 1 heterocycles. The molecule has 0 unspecified atom stereocenters. The van der Waals surface area contributed by atoms with Crippen LogP contribution in [0, 0.1) is 44.6 Å². The summed E-state index contributed by atoms with van der Waals surface area (Å²) in [4.78, 5) is 24.8. The third-order valence-electron chi connectivity index (χ3n) is 4.93. The number of nitro benzene ring substituents is 2. The topological polar surface area (TPSA) is 111 Å². The average Bonchev–Trinajstić information content (AvgIpc) is 3.23. The third kappa shape index (κ3) is 4.53. The molecule has 0 atom stereocenters. The smallest absolute Gasteiger partial charge is 0.323 e. The van der Waals surface area contributed by atoms with Crippen molar-refractivity contribution in [3.8, 4) is 21.7 Å². The predicted octanol–water partition coefficient (Wildman–Crippen LogP) is 7.42. The predicted molar refractivity (Wildman–Crippen MR) is 126 cm³/mol. The zero-order chi connectivity index (χ0) is 25.4. The van der Waals surface area contributed by atoms with Crippen molar-refractivity contribution in [2.24, 2.45) is 0 Å². The molecule has 4 aromatic rings. The number of nitrogens with zero attached hydrogens (tertiary/aromatic N) is 3. The van der Waals surface area contributed by atoms with Crippen LogP contribution >= 0.6 is 22.9 Å². The van der Waals surface area contributed by atoms with Crippen LogP contribution in [-0.2, 0) is 0 Å². The monoisotopic (exact) mass is 520 g/mol. The van der Waals surface area contributed by atoms with Gasteiger partial charge in [0.15, 0.2) is 16.6 Å². The zero-order valence-electron chi connectivity index (χ0n) is 17.5. The first kappa shape index (κ1) is 24.1. The lowest BCUT2D eigenvalue weighted by Crippen LogP contribution is -2.09. The van der Waals surface area contributed by atoms with Crippen LogP contribution in [0.2, 0.25) is 5.02 Å². The molecule has 1 N–H and O–H groups in total. The second kappa shape index (κ2) is 9.31. The van der Waals surface area contributed by atoms with E-state index in [2.05, 4.69) is 10.3 Å². The van der Waals surface area contributed by atoms with E-state index in [-0.39, 0.29) is 5.13 Å². The number of rotatable bonds is 6. The number of halogens is 4. The Morgan fingerprint density at radius 2 is 1.43 bits per heavy atom. The second-order valence-corrected chi connectivity index (χ2v) is 8.66. The van der Waals surface area contributed by atoms with Crippen LogP contribution < -0.4 is 5.32 Å². The molecule has 0 radical (unpaired) electrons. The fourth-order valence-corrected chi connectivity index (χ4v) is 4.40. The molecule has 8 nitrogen and oxygen atoms in total. The Balaban J connectivity index is 1.92. The number of benzene rings is 3. The highest BCUT2D eigenvalue weighted by molar-refractivity contribution is 7.19. The van der Waals surface area contributed by atoms with Crippen molar-refractivity contribution < 1.29 is 23.0 Å². The number of hydrogen-bond acceptors (Lipinski definition) is 7. The summed E-state index contributed by atoms with van der Waals surface area (Å²) < 4.78 is 42.7. The third-order valence-corrected chi connectivity index (χ3v) is 6.20. The number of anilines is 2. The molecule has 35 heavy (non-hydrogen) atoms. The van der Waals surface area contributed by atoms with Gasteiger partial charge in [0, 0.05) is 10.6 Å². The molecule has 0 amide bonds. The van der Waals surface area contributed by atoms with E-state index >= 15 is 0 Å². The minimum atomic E-state index is -2.27. The average molecular weight is 521 g/mol. The summed E-state index contributed by atoms with van der Waals surface area (Å²) >= 11 is 6.90. The van der Waals surface area contributed by atoms with E-state index in [1.54, 1.807) is 36.4 Å². The van der Waals surface area contributed by atoms with Gasteiger partial charge in [-0.05, 0) is 24.6 Å². The molecule has 178 valence electrons. The van der Waals surface area contributed by atoms with E-state index in [4.69, 9.17) is 11.6 Å². The van der Waals surface area contributed by atoms with Crippen molar-refractivity contribution in [2.45, 2.75) is 6.92 Å². The number of nitrogens with one attached hydrogen (secondary N) is 1. The van der Waals surface area contributed by atoms with Crippen molar-refractivity contribution in [1.82, 2.24) is 4.98 Å². The Labute approximate surface area is 203 Å². The molecular formula is C22H12ClF3N4O4S. The minimum Gasteiger partial charge on any atom is -0.323 e. The first-order valence-corrected chi connectivity index (χ1v) is 10.9. The quantitative estimate of drug-likeness (QED) is 0.161. The summed E-state index contributed by atoms with van der Waals surface area (Å²) in [7, 11) is 0. The van der Waals surface area contributed by atoms with Crippen LogP contribution in [0.1, 0.15) is 5.56 Å². The molecule has 1 aromatic heterocycles. The SMILES string of the molecule is Cc1ccc(-c2sc(Nc3c(F)c(F)c(F)c([N+](=O)[O-])c3[N+](=O)[O-])nc2-c2ccc(Cl)cc2)cc1. The lowest BCUT2D eigenvalue weighted by molar-refractivity contribution is -0.423. The van der Waals surface area contributed by atoms with Gasteiger partial charge in [-0.2, -0.15) is 4.39 Å². The highest BCUT2D eigenvalue weighted by Crippen LogP contribution is 2.45. The Kier molecular flexibility index (Phi) is 6.41. The number of aromatic nitrogens is 1. The fourth-order valence-electron chi connectivity index (χ4n) is 3.28. The van der Waals surface area contributed by atoms with Crippen molar-refractivity contribution in [3.63, 3.8) is 0 Å².